The number of Topliss-reactive ketones (excluding diaryl/α,β-unsaturated/α-hetero) is 1. The highest BCUT2D eigenvalue weighted by molar-refractivity contribution is 5.99. The number of ether oxygens (including phenoxy) is 1. The van der Waals surface area contributed by atoms with Crippen molar-refractivity contribution < 1.29 is 19.1 Å². The Balaban J connectivity index is 2.49. The molecule has 1 saturated heterocycles. The fourth-order valence-corrected chi connectivity index (χ4v) is 1.65. The van der Waals surface area contributed by atoms with Crippen LogP contribution in [0.15, 0.2) is 0 Å². The molecule has 0 aromatic carbocycles. The SMILES string of the molecule is CCN1C[C@@H](C(=O)CC(=O)OC)CC1=O. The van der Waals surface area contributed by atoms with Gasteiger partial charge in [0.25, 0.3) is 0 Å². The minimum absolute atomic E-state index is 0.0132. The van der Waals surface area contributed by atoms with E-state index in [1.165, 1.54) is 7.11 Å². The Morgan fingerprint density at radius 3 is 2.67 bits per heavy atom. The van der Waals surface area contributed by atoms with Crippen LogP contribution in [-0.2, 0) is 19.1 Å². The summed E-state index contributed by atoms with van der Waals surface area (Å²) in [5.41, 5.74) is 0. The summed E-state index contributed by atoms with van der Waals surface area (Å²) in [6.07, 6.45) is -0.00430. The van der Waals surface area contributed by atoms with Crippen LogP contribution in [0.1, 0.15) is 19.8 Å². The normalized spacial score (nSPS) is 20.5. The number of rotatable bonds is 4. The van der Waals surface area contributed by atoms with Crippen molar-refractivity contribution in [3.8, 4) is 0 Å². The molecule has 0 aliphatic carbocycles. The minimum Gasteiger partial charge on any atom is -0.469 e. The number of carbonyl (C=O) groups excluding carboxylic acids is 3. The maximum absolute atomic E-state index is 11.5. The predicted octanol–water partition coefficient (Wildman–Crippen LogP) is -0.0130. The van der Waals surface area contributed by atoms with Gasteiger partial charge in [0.15, 0.2) is 0 Å². The Morgan fingerprint density at radius 2 is 2.20 bits per heavy atom. The predicted molar refractivity (Wildman–Crippen MR) is 52.0 cm³/mol. The zero-order valence-corrected chi connectivity index (χ0v) is 8.99. The van der Waals surface area contributed by atoms with E-state index in [2.05, 4.69) is 4.74 Å². The Labute approximate surface area is 88.4 Å². The molecule has 0 bridgehead atoms. The summed E-state index contributed by atoms with van der Waals surface area (Å²) in [5.74, 6) is -1.09. The lowest BCUT2D eigenvalue weighted by atomic mass is 10.0. The molecular weight excluding hydrogens is 198 g/mol. The van der Waals surface area contributed by atoms with E-state index in [9.17, 15) is 14.4 Å². The van der Waals surface area contributed by atoms with Crippen molar-refractivity contribution in [2.24, 2.45) is 5.92 Å². The summed E-state index contributed by atoms with van der Waals surface area (Å²) >= 11 is 0. The molecule has 0 saturated carbocycles. The summed E-state index contributed by atoms with van der Waals surface area (Å²) in [6.45, 7) is 2.91. The highest BCUT2D eigenvalue weighted by atomic mass is 16.5. The number of likely N-dealkylation sites (tertiary alicyclic amines) is 1. The Hall–Kier alpha value is -1.39. The lowest BCUT2D eigenvalue weighted by molar-refractivity contribution is -0.144. The molecule has 15 heavy (non-hydrogen) atoms. The standard InChI is InChI=1S/C10H15NO4/c1-3-11-6-7(4-9(11)13)8(12)5-10(14)15-2/h7H,3-6H2,1-2H3/t7-/m0/s1. The summed E-state index contributed by atoms with van der Waals surface area (Å²) in [7, 11) is 1.24. The third-order valence-electron chi connectivity index (χ3n) is 2.60. The maximum atomic E-state index is 11.5. The molecule has 0 radical (unpaired) electrons. The molecule has 1 atom stereocenters. The molecule has 1 amide bonds. The quantitative estimate of drug-likeness (QED) is 0.486. The van der Waals surface area contributed by atoms with Gasteiger partial charge >= 0.3 is 5.97 Å². The smallest absolute Gasteiger partial charge is 0.313 e. The van der Waals surface area contributed by atoms with Gasteiger partial charge in [0.1, 0.15) is 12.2 Å². The number of methoxy groups -OCH3 is 1. The van der Waals surface area contributed by atoms with Crippen LogP contribution >= 0.6 is 0 Å². The van der Waals surface area contributed by atoms with Gasteiger partial charge in [-0.1, -0.05) is 0 Å². The van der Waals surface area contributed by atoms with Gasteiger partial charge in [-0.05, 0) is 6.92 Å². The zero-order valence-electron chi connectivity index (χ0n) is 8.99. The van der Waals surface area contributed by atoms with Crippen molar-refractivity contribution >= 4 is 17.7 Å². The van der Waals surface area contributed by atoms with Crippen molar-refractivity contribution in [3.63, 3.8) is 0 Å². The van der Waals surface area contributed by atoms with Crippen LogP contribution in [0.25, 0.3) is 0 Å². The van der Waals surface area contributed by atoms with Gasteiger partial charge in [-0.25, -0.2) is 0 Å². The van der Waals surface area contributed by atoms with Gasteiger partial charge in [-0.15, -0.1) is 0 Å². The second kappa shape index (κ2) is 4.91. The van der Waals surface area contributed by atoms with E-state index in [-0.39, 0.29) is 30.4 Å². The number of nitrogens with zero attached hydrogens (tertiary/aromatic N) is 1. The lowest BCUT2D eigenvalue weighted by Gasteiger charge is -2.12. The molecular formula is C10H15NO4. The van der Waals surface area contributed by atoms with E-state index in [0.717, 1.165) is 0 Å². The monoisotopic (exact) mass is 213 g/mol. The van der Waals surface area contributed by atoms with Gasteiger partial charge in [0.2, 0.25) is 5.91 Å². The van der Waals surface area contributed by atoms with Crippen molar-refractivity contribution in [1.82, 2.24) is 4.90 Å². The van der Waals surface area contributed by atoms with Gasteiger partial charge in [-0.2, -0.15) is 0 Å². The first-order chi connectivity index (χ1) is 7.08. The third kappa shape index (κ3) is 2.78. The zero-order chi connectivity index (χ0) is 11.4. The Morgan fingerprint density at radius 1 is 1.53 bits per heavy atom. The second-order valence-corrected chi connectivity index (χ2v) is 3.55. The van der Waals surface area contributed by atoms with Gasteiger partial charge in [0.05, 0.1) is 7.11 Å². The van der Waals surface area contributed by atoms with Gasteiger partial charge in [0, 0.05) is 25.4 Å². The van der Waals surface area contributed by atoms with Crippen LogP contribution in [0.2, 0.25) is 0 Å². The molecule has 1 rings (SSSR count). The number of ketones is 1. The fraction of sp³-hybridized carbons (Fsp3) is 0.700. The van der Waals surface area contributed by atoms with E-state index in [0.29, 0.717) is 13.1 Å². The number of carbonyl (C=O) groups is 3. The molecule has 1 fully saturated rings. The second-order valence-electron chi connectivity index (χ2n) is 3.55. The summed E-state index contributed by atoms with van der Waals surface area (Å²) in [5, 5.41) is 0. The molecule has 1 heterocycles. The van der Waals surface area contributed by atoms with Crippen LogP contribution in [0, 0.1) is 5.92 Å². The number of esters is 1. The molecule has 0 N–H and O–H groups in total. The lowest BCUT2D eigenvalue weighted by Crippen LogP contribution is -2.26. The van der Waals surface area contributed by atoms with E-state index in [1.807, 2.05) is 6.92 Å². The highest BCUT2D eigenvalue weighted by Gasteiger charge is 2.33. The topological polar surface area (TPSA) is 63.7 Å². The van der Waals surface area contributed by atoms with Crippen molar-refractivity contribution in [1.29, 1.82) is 0 Å². The van der Waals surface area contributed by atoms with Gasteiger partial charge < -0.3 is 9.64 Å². The molecule has 0 unspecified atom stereocenters. The molecule has 1 aliphatic rings. The molecule has 84 valence electrons. The molecule has 5 nitrogen and oxygen atoms in total. The maximum Gasteiger partial charge on any atom is 0.313 e. The van der Waals surface area contributed by atoms with Crippen molar-refractivity contribution in [2.45, 2.75) is 19.8 Å². The van der Waals surface area contributed by atoms with Crippen LogP contribution in [0.4, 0.5) is 0 Å². The van der Waals surface area contributed by atoms with Crippen LogP contribution in [-0.4, -0.2) is 42.8 Å². The van der Waals surface area contributed by atoms with Crippen molar-refractivity contribution in [2.75, 3.05) is 20.2 Å². The van der Waals surface area contributed by atoms with Crippen LogP contribution < -0.4 is 0 Å². The largest absolute Gasteiger partial charge is 0.469 e. The van der Waals surface area contributed by atoms with Crippen molar-refractivity contribution in [3.05, 3.63) is 0 Å². The molecule has 0 spiro atoms. The van der Waals surface area contributed by atoms with E-state index in [1.54, 1.807) is 4.90 Å². The van der Waals surface area contributed by atoms with Gasteiger partial charge in [-0.3, -0.25) is 14.4 Å². The highest BCUT2D eigenvalue weighted by Crippen LogP contribution is 2.19. The van der Waals surface area contributed by atoms with E-state index >= 15 is 0 Å². The average Bonchev–Trinajstić information content (AvgIpc) is 2.59. The third-order valence-corrected chi connectivity index (χ3v) is 2.60. The molecule has 5 heteroatoms. The fourth-order valence-electron chi connectivity index (χ4n) is 1.65. The molecule has 0 aromatic rings. The Kier molecular flexibility index (Phi) is 3.82. The Bertz CT molecular complexity index is 287. The molecule has 0 aromatic heterocycles. The van der Waals surface area contributed by atoms with E-state index < -0.39 is 5.97 Å². The summed E-state index contributed by atoms with van der Waals surface area (Å²) < 4.78 is 4.40. The number of amides is 1. The number of hydrogen-bond donors (Lipinski definition) is 0. The molecule has 1 aliphatic heterocycles. The summed E-state index contributed by atoms with van der Waals surface area (Å²) in [4.78, 5) is 35.4. The first kappa shape index (κ1) is 11.7. The summed E-state index contributed by atoms with van der Waals surface area (Å²) in [6, 6.07) is 0. The number of hydrogen-bond acceptors (Lipinski definition) is 4. The first-order valence-corrected chi connectivity index (χ1v) is 4.95. The van der Waals surface area contributed by atoms with E-state index in [4.69, 9.17) is 0 Å². The van der Waals surface area contributed by atoms with Crippen LogP contribution in [0.3, 0.4) is 0 Å². The van der Waals surface area contributed by atoms with Crippen LogP contribution in [0.5, 0.6) is 0 Å². The first-order valence-electron chi connectivity index (χ1n) is 4.95. The average molecular weight is 213 g/mol. The minimum atomic E-state index is -0.539.